The first-order valence-corrected chi connectivity index (χ1v) is 7.36. The maximum atomic E-state index is 10.6. The van der Waals surface area contributed by atoms with Gasteiger partial charge in [-0.2, -0.15) is 0 Å². The number of carboxylic acid groups (broad SMARTS) is 1. The van der Waals surface area contributed by atoms with E-state index >= 15 is 0 Å². The number of hydrogen-bond donors (Lipinski definition) is 2. The second kappa shape index (κ2) is 8.82. The molecule has 0 radical (unpaired) electrons. The first kappa shape index (κ1) is 15.9. The van der Waals surface area contributed by atoms with Crippen LogP contribution in [-0.2, 0) is 4.79 Å². The van der Waals surface area contributed by atoms with Gasteiger partial charge < -0.3 is 14.9 Å². The van der Waals surface area contributed by atoms with Crippen molar-refractivity contribution in [3.8, 4) is 5.75 Å². The van der Waals surface area contributed by atoms with Crippen LogP contribution in [0.15, 0.2) is 29.2 Å². The number of aliphatic hydroxyl groups excluding tert-OH is 1. The van der Waals surface area contributed by atoms with Gasteiger partial charge in [0, 0.05) is 17.1 Å². The normalized spacial score (nSPS) is 12.1. The SMILES string of the molecule is CCC(CCC(=O)O)Oc1cccc(SCCO)c1. The van der Waals surface area contributed by atoms with Crippen LogP contribution in [0.1, 0.15) is 26.2 Å². The lowest BCUT2D eigenvalue weighted by Gasteiger charge is -2.17. The number of aliphatic hydroxyl groups is 1. The number of aliphatic carboxylic acids is 1. The summed E-state index contributed by atoms with van der Waals surface area (Å²) in [4.78, 5) is 11.6. The zero-order chi connectivity index (χ0) is 14.1. The van der Waals surface area contributed by atoms with Crippen LogP contribution in [0.3, 0.4) is 0 Å². The minimum Gasteiger partial charge on any atom is -0.490 e. The van der Waals surface area contributed by atoms with E-state index in [0.717, 1.165) is 17.1 Å². The highest BCUT2D eigenvalue weighted by Crippen LogP contribution is 2.24. The van der Waals surface area contributed by atoms with Gasteiger partial charge in [-0.15, -0.1) is 11.8 Å². The Morgan fingerprint density at radius 2 is 2.26 bits per heavy atom. The third-order valence-corrected chi connectivity index (χ3v) is 3.58. The number of rotatable bonds is 9. The summed E-state index contributed by atoms with van der Waals surface area (Å²) in [6.45, 7) is 2.13. The minimum atomic E-state index is -0.797. The van der Waals surface area contributed by atoms with Gasteiger partial charge in [0.05, 0.1) is 12.7 Å². The fraction of sp³-hybridized carbons (Fsp3) is 0.500. The summed E-state index contributed by atoms with van der Waals surface area (Å²) in [5, 5.41) is 17.5. The fourth-order valence-corrected chi connectivity index (χ4v) is 2.33. The van der Waals surface area contributed by atoms with Gasteiger partial charge in [0.1, 0.15) is 5.75 Å². The molecular formula is C14H20O4S. The topological polar surface area (TPSA) is 66.8 Å². The van der Waals surface area contributed by atoms with Gasteiger partial charge >= 0.3 is 5.97 Å². The summed E-state index contributed by atoms with van der Waals surface area (Å²) in [5.74, 6) is 0.606. The van der Waals surface area contributed by atoms with Crippen molar-refractivity contribution >= 4 is 17.7 Å². The largest absolute Gasteiger partial charge is 0.490 e. The number of hydrogen-bond acceptors (Lipinski definition) is 4. The summed E-state index contributed by atoms with van der Waals surface area (Å²) in [6, 6.07) is 7.65. The molecule has 0 bridgehead atoms. The first-order chi connectivity index (χ1) is 9.15. The summed E-state index contributed by atoms with van der Waals surface area (Å²) in [6.07, 6.45) is 1.34. The van der Waals surface area contributed by atoms with Gasteiger partial charge in [0.15, 0.2) is 0 Å². The van der Waals surface area contributed by atoms with Crippen molar-refractivity contribution in [3.63, 3.8) is 0 Å². The highest BCUT2D eigenvalue weighted by Gasteiger charge is 2.10. The number of ether oxygens (including phenoxy) is 1. The lowest BCUT2D eigenvalue weighted by molar-refractivity contribution is -0.137. The van der Waals surface area contributed by atoms with Gasteiger partial charge in [0.25, 0.3) is 0 Å². The molecule has 19 heavy (non-hydrogen) atoms. The quantitative estimate of drug-likeness (QED) is 0.683. The van der Waals surface area contributed by atoms with Crippen LogP contribution in [0.25, 0.3) is 0 Å². The third kappa shape index (κ3) is 6.50. The Morgan fingerprint density at radius 1 is 1.47 bits per heavy atom. The summed E-state index contributed by atoms with van der Waals surface area (Å²) >= 11 is 1.56. The smallest absolute Gasteiger partial charge is 0.303 e. The summed E-state index contributed by atoms with van der Waals surface area (Å²) < 4.78 is 5.80. The molecule has 0 spiro atoms. The molecule has 0 aliphatic heterocycles. The maximum absolute atomic E-state index is 10.6. The van der Waals surface area contributed by atoms with E-state index in [4.69, 9.17) is 14.9 Å². The molecule has 0 aromatic heterocycles. The average Bonchev–Trinajstić information content (AvgIpc) is 2.41. The van der Waals surface area contributed by atoms with E-state index in [-0.39, 0.29) is 19.1 Å². The number of thioether (sulfide) groups is 1. The standard InChI is InChI=1S/C14H20O4S/c1-2-11(6-7-14(16)17)18-12-4-3-5-13(10-12)19-9-8-15/h3-5,10-11,15H,2,6-9H2,1H3,(H,16,17). The third-order valence-electron chi connectivity index (χ3n) is 2.60. The Hall–Kier alpha value is -1.20. The zero-order valence-electron chi connectivity index (χ0n) is 11.0. The van der Waals surface area contributed by atoms with Crippen LogP contribution in [-0.4, -0.2) is 34.6 Å². The van der Waals surface area contributed by atoms with Crippen molar-refractivity contribution < 1.29 is 19.7 Å². The lowest BCUT2D eigenvalue weighted by Crippen LogP contribution is -2.16. The van der Waals surface area contributed by atoms with E-state index in [0.29, 0.717) is 12.2 Å². The molecule has 5 heteroatoms. The van der Waals surface area contributed by atoms with E-state index in [1.165, 1.54) is 0 Å². The van der Waals surface area contributed by atoms with Gasteiger partial charge in [-0.05, 0) is 31.0 Å². The molecule has 1 unspecified atom stereocenters. The van der Waals surface area contributed by atoms with E-state index in [1.54, 1.807) is 11.8 Å². The van der Waals surface area contributed by atoms with E-state index in [2.05, 4.69) is 0 Å². The predicted molar refractivity (Wildman–Crippen MR) is 75.8 cm³/mol. The van der Waals surface area contributed by atoms with E-state index in [9.17, 15) is 4.79 Å². The second-order valence-electron chi connectivity index (χ2n) is 4.13. The van der Waals surface area contributed by atoms with Crippen molar-refractivity contribution in [2.75, 3.05) is 12.4 Å². The molecule has 1 aromatic carbocycles. The molecule has 0 aliphatic rings. The second-order valence-corrected chi connectivity index (χ2v) is 5.30. The fourth-order valence-electron chi connectivity index (χ4n) is 1.62. The van der Waals surface area contributed by atoms with Crippen molar-refractivity contribution in [1.82, 2.24) is 0 Å². The van der Waals surface area contributed by atoms with Gasteiger partial charge in [-0.3, -0.25) is 4.79 Å². The van der Waals surface area contributed by atoms with Gasteiger partial charge in [0.2, 0.25) is 0 Å². The van der Waals surface area contributed by atoms with Crippen molar-refractivity contribution in [3.05, 3.63) is 24.3 Å². The lowest BCUT2D eigenvalue weighted by atomic mass is 10.1. The zero-order valence-corrected chi connectivity index (χ0v) is 11.9. The molecule has 0 saturated carbocycles. The molecule has 4 nitrogen and oxygen atoms in total. The summed E-state index contributed by atoms with van der Waals surface area (Å²) in [5.41, 5.74) is 0. The molecule has 2 N–H and O–H groups in total. The maximum Gasteiger partial charge on any atom is 0.303 e. The highest BCUT2D eigenvalue weighted by molar-refractivity contribution is 7.99. The van der Waals surface area contributed by atoms with Crippen LogP contribution in [0.4, 0.5) is 0 Å². The highest BCUT2D eigenvalue weighted by atomic mass is 32.2. The molecule has 1 rings (SSSR count). The van der Waals surface area contributed by atoms with Crippen LogP contribution in [0.2, 0.25) is 0 Å². The first-order valence-electron chi connectivity index (χ1n) is 6.38. The molecular weight excluding hydrogens is 264 g/mol. The van der Waals surface area contributed by atoms with Gasteiger partial charge in [-0.25, -0.2) is 0 Å². The molecule has 1 aromatic rings. The monoisotopic (exact) mass is 284 g/mol. The van der Waals surface area contributed by atoms with E-state index < -0.39 is 5.97 Å². The minimum absolute atomic E-state index is 0.0748. The molecule has 0 fully saturated rings. The van der Waals surface area contributed by atoms with Crippen molar-refractivity contribution in [2.24, 2.45) is 0 Å². The van der Waals surface area contributed by atoms with Crippen molar-refractivity contribution in [1.29, 1.82) is 0 Å². The van der Waals surface area contributed by atoms with Gasteiger partial charge in [-0.1, -0.05) is 13.0 Å². The van der Waals surface area contributed by atoms with Crippen LogP contribution < -0.4 is 4.74 Å². The predicted octanol–water partition coefficient (Wildman–Crippen LogP) is 2.79. The Bertz CT molecular complexity index is 395. The molecule has 0 saturated heterocycles. The molecule has 1 atom stereocenters. The van der Waals surface area contributed by atoms with Crippen molar-refractivity contribution in [2.45, 2.75) is 37.2 Å². The summed E-state index contributed by atoms with van der Waals surface area (Å²) in [7, 11) is 0. The van der Waals surface area contributed by atoms with E-state index in [1.807, 2.05) is 31.2 Å². The van der Waals surface area contributed by atoms with Crippen LogP contribution in [0.5, 0.6) is 5.75 Å². The Labute approximate surface area is 117 Å². The number of carboxylic acids is 1. The Balaban J connectivity index is 2.55. The van der Waals surface area contributed by atoms with Crippen LogP contribution in [0, 0.1) is 0 Å². The molecule has 0 aliphatic carbocycles. The van der Waals surface area contributed by atoms with Crippen LogP contribution >= 0.6 is 11.8 Å². The Kier molecular flexibility index (Phi) is 7.36. The number of benzene rings is 1. The molecule has 0 amide bonds. The number of carbonyl (C=O) groups is 1. The molecule has 0 heterocycles. The Morgan fingerprint density at radius 3 is 2.89 bits per heavy atom. The average molecular weight is 284 g/mol. The molecule has 106 valence electrons.